The van der Waals surface area contributed by atoms with Crippen LogP contribution >= 0.6 is 11.3 Å². The van der Waals surface area contributed by atoms with E-state index in [1.807, 2.05) is 18.5 Å². The number of thiophene rings is 1. The fraction of sp³-hybridized carbons (Fsp3) is 0.500. The summed E-state index contributed by atoms with van der Waals surface area (Å²) < 4.78 is 2.02. The van der Waals surface area contributed by atoms with E-state index in [2.05, 4.69) is 39.3 Å². The topological polar surface area (TPSA) is 42.7 Å². The smallest absolute Gasteiger partial charge is 0.146 e. The van der Waals surface area contributed by atoms with Gasteiger partial charge in [0.15, 0.2) is 0 Å². The highest BCUT2D eigenvalue weighted by Crippen LogP contribution is 2.08. The summed E-state index contributed by atoms with van der Waals surface area (Å²) >= 11 is 1.75. The molecule has 0 bridgehead atoms. The van der Waals surface area contributed by atoms with Crippen LogP contribution in [0.5, 0.6) is 0 Å². The Morgan fingerprint density at radius 3 is 2.88 bits per heavy atom. The lowest BCUT2D eigenvalue weighted by Gasteiger charge is -2.12. The van der Waals surface area contributed by atoms with Crippen LogP contribution in [0.15, 0.2) is 16.8 Å². The predicted octanol–water partition coefficient (Wildman–Crippen LogP) is 1.91. The molecule has 0 aliphatic carbocycles. The van der Waals surface area contributed by atoms with Gasteiger partial charge in [0.05, 0.1) is 6.54 Å². The summed E-state index contributed by atoms with van der Waals surface area (Å²) in [7, 11) is 2.00. The Labute approximate surface area is 106 Å². The Morgan fingerprint density at radius 2 is 2.29 bits per heavy atom. The Kier molecular flexibility index (Phi) is 3.91. The molecule has 0 aliphatic heterocycles. The number of hydrogen-bond acceptors (Lipinski definition) is 4. The Morgan fingerprint density at radius 1 is 1.47 bits per heavy atom. The first-order valence-electron chi connectivity index (χ1n) is 5.76. The third kappa shape index (κ3) is 3.14. The molecule has 2 heterocycles. The summed E-state index contributed by atoms with van der Waals surface area (Å²) in [4.78, 5) is 0. The van der Waals surface area contributed by atoms with Gasteiger partial charge in [0.1, 0.15) is 11.6 Å². The van der Waals surface area contributed by atoms with Gasteiger partial charge in [-0.1, -0.05) is 0 Å². The summed E-state index contributed by atoms with van der Waals surface area (Å²) in [6.45, 7) is 4.93. The zero-order chi connectivity index (χ0) is 12.3. The maximum atomic E-state index is 4.14. The van der Waals surface area contributed by atoms with Crippen LogP contribution in [0.1, 0.15) is 24.1 Å². The van der Waals surface area contributed by atoms with E-state index in [0.29, 0.717) is 6.04 Å². The fourth-order valence-electron chi connectivity index (χ4n) is 1.70. The first-order chi connectivity index (χ1) is 8.16. The molecule has 1 atom stereocenters. The zero-order valence-corrected chi connectivity index (χ0v) is 11.3. The van der Waals surface area contributed by atoms with Crippen LogP contribution < -0.4 is 5.32 Å². The highest BCUT2D eigenvalue weighted by Gasteiger charge is 2.07. The standard InChI is InChI=1S/C12H18N4S/c1-9(6-11-4-5-17-8-11)13-7-12-15-14-10(2)16(12)3/h4-5,8-9,13H,6-7H2,1-3H3. The molecule has 92 valence electrons. The van der Waals surface area contributed by atoms with Gasteiger partial charge in [-0.05, 0) is 42.7 Å². The molecule has 1 N–H and O–H groups in total. The highest BCUT2D eigenvalue weighted by atomic mass is 32.1. The van der Waals surface area contributed by atoms with Gasteiger partial charge >= 0.3 is 0 Å². The summed E-state index contributed by atoms with van der Waals surface area (Å²) in [5.41, 5.74) is 1.39. The van der Waals surface area contributed by atoms with Crippen molar-refractivity contribution in [3.63, 3.8) is 0 Å². The molecule has 0 saturated heterocycles. The summed E-state index contributed by atoms with van der Waals surface area (Å²) in [5, 5.41) is 16.0. The third-order valence-electron chi connectivity index (χ3n) is 2.91. The number of nitrogens with one attached hydrogen (secondary N) is 1. The van der Waals surface area contributed by atoms with Crippen LogP contribution in [0.4, 0.5) is 0 Å². The van der Waals surface area contributed by atoms with E-state index in [9.17, 15) is 0 Å². The number of aryl methyl sites for hydroxylation is 1. The normalized spacial score (nSPS) is 12.9. The second-order valence-electron chi connectivity index (χ2n) is 4.34. The third-order valence-corrected chi connectivity index (χ3v) is 3.65. The van der Waals surface area contributed by atoms with Gasteiger partial charge in [-0.3, -0.25) is 0 Å². The van der Waals surface area contributed by atoms with Gasteiger partial charge < -0.3 is 9.88 Å². The number of nitrogens with zero attached hydrogens (tertiary/aromatic N) is 3. The highest BCUT2D eigenvalue weighted by molar-refractivity contribution is 7.07. The van der Waals surface area contributed by atoms with Crippen LogP contribution in [0.25, 0.3) is 0 Å². The minimum atomic E-state index is 0.446. The van der Waals surface area contributed by atoms with Crippen LogP contribution in [0.3, 0.4) is 0 Å². The van der Waals surface area contributed by atoms with Crippen LogP contribution in [-0.2, 0) is 20.0 Å². The molecule has 2 aromatic heterocycles. The van der Waals surface area contributed by atoms with E-state index in [0.717, 1.165) is 24.6 Å². The average Bonchev–Trinajstić information content (AvgIpc) is 2.90. The second-order valence-corrected chi connectivity index (χ2v) is 5.12. The molecule has 0 aliphatic rings. The van der Waals surface area contributed by atoms with Crippen molar-refractivity contribution in [2.75, 3.05) is 0 Å². The number of aromatic nitrogens is 3. The maximum Gasteiger partial charge on any atom is 0.146 e. The first kappa shape index (κ1) is 12.3. The summed E-state index contributed by atoms with van der Waals surface area (Å²) in [6, 6.07) is 2.62. The van der Waals surface area contributed by atoms with E-state index in [1.165, 1.54) is 5.56 Å². The van der Waals surface area contributed by atoms with Crippen molar-refractivity contribution in [2.24, 2.45) is 7.05 Å². The van der Waals surface area contributed by atoms with E-state index < -0.39 is 0 Å². The Hall–Kier alpha value is -1.20. The number of hydrogen-bond donors (Lipinski definition) is 1. The average molecular weight is 250 g/mol. The first-order valence-corrected chi connectivity index (χ1v) is 6.70. The van der Waals surface area contributed by atoms with Gasteiger partial charge in [0.25, 0.3) is 0 Å². The lowest BCUT2D eigenvalue weighted by atomic mass is 10.1. The lowest BCUT2D eigenvalue weighted by Crippen LogP contribution is -2.28. The number of rotatable bonds is 5. The minimum absolute atomic E-state index is 0.446. The SMILES string of the molecule is Cc1nnc(CNC(C)Cc2ccsc2)n1C. The Bertz CT molecular complexity index is 461. The largest absolute Gasteiger partial charge is 0.317 e. The van der Waals surface area contributed by atoms with Crippen LogP contribution in [-0.4, -0.2) is 20.8 Å². The molecular weight excluding hydrogens is 232 g/mol. The molecule has 1 unspecified atom stereocenters. The fourth-order valence-corrected chi connectivity index (χ4v) is 2.39. The van der Waals surface area contributed by atoms with E-state index in [1.54, 1.807) is 11.3 Å². The Balaban J connectivity index is 1.84. The molecule has 5 heteroatoms. The minimum Gasteiger partial charge on any atom is -0.317 e. The van der Waals surface area contributed by atoms with Crippen LogP contribution in [0, 0.1) is 6.92 Å². The van der Waals surface area contributed by atoms with Crippen LogP contribution in [0.2, 0.25) is 0 Å². The molecule has 0 amide bonds. The lowest BCUT2D eigenvalue weighted by molar-refractivity contribution is 0.524. The molecule has 2 aromatic rings. The summed E-state index contributed by atoms with van der Waals surface area (Å²) in [5.74, 6) is 1.94. The van der Waals surface area contributed by atoms with E-state index >= 15 is 0 Å². The quantitative estimate of drug-likeness (QED) is 0.881. The molecule has 0 spiro atoms. The molecule has 0 saturated carbocycles. The molecular formula is C12H18N4S. The van der Waals surface area contributed by atoms with Gasteiger partial charge in [-0.15, -0.1) is 10.2 Å². The molecule has 0 aromatic carbocycles. The van der Waals surface area contributed by atoms with E-state index in [-0.39, 0.29) is 0 Å². The van der Waals surface area contributed by atoms with Crippen molar-refractivity contribution < 1.29 is 0 Å². The maximum absolute atomic E-state index is 4.14. The second kappa shape index (κ2) is 5.42. The van der Waals surface area contributed by atoms with Gasteiger partial charge in [-0.25, -0.2) is 0 Å². The molecule has 17 heavy (non-hydrogen) atoms. The molecule has 0 radical (unpaired) electrons. The van der Waals surface area contributed by atoms with Crippen molar-refractivity contribution >= 4 is 11.3 Å². The van der Waals surface area contributed by atoms with Gasteiger partial charge in [0, 0.05) is 13.1 Å². The van der Waals surface area contributed by atoms with Crippen molar-refractivity contribution in [3.8, 4) is 0 Å². The summed E-state index contributed by atoms with van der Waals surface area (Å²) in [6.07, 6.45) is 1.06. The van der Waals surface area contributed by atoms with Crippen molar-refractivity contribution in [1.29, 1.82) is 0 Å². The predicted molar refractivity (Wildman–Crippen MR) is 70.1 cm³/mol. The van der Waals surface area contributed by atoms with Gasteiger partial charge in [0.2, 0.25) is 0 Å². The van der Waals surface area contributed by atoms with Crippen molar-refractivity contribution in [2.45, 2.75) is 32.9 Å². The molecule has 2 rings (SSSR count). The van der Waals surface area contributed by atoms with Crippen molar-refractivity contribution in [1.82, 2.24) is 20.1 Å². The van der Waals surface area contributed by atoms with Crippen molar-refractivity contribution in [3.05, 3.63) is 34.0 Å². The van der Waals surface area contributed by atoms with Gasteiger partial charge in [-0.2, -0.15) is 11.3 Å². The zero-order valence-electron chi connectivity index (χ0n) is 10.5. The monoisotopic (exact) mass is 250 g/mol. The molecule has 4 nitrogen and oxygen atoms in total. The molecule has 0 fully saturated rings. The van der Waals surface area contributed by atoms with E-state index in [4.69, 9.17) is 0 Å².